The second-order valence-corrected chi connectivity index (χ2v) is 17.1. The number of unbranched alkanes of at least 4 members (excludes halogenated alkanes) is 7. The van der Waals surface area contributed by atoms with Gasteiger partial charge in [-0.05, 0) is 66.4 Å². The topological polar surface area (TPSA) is 238 Å². The molecule has 5 rings (SSSR count). The Morgan fingerprint density at radius 3 is 2.39 bits per heavy atom. The Morgan fingerprint density at radius 2 is 1.73 bits per heavy atom. The summed E-state index contributed by atoms with van der Waals surface area (Å²) in [4.78, 5) is 81.1. The van der Waals surface area contributed by atoms with Gasteiger partial charge in [-0.1, -0.05) is 58.3 Å². The van der Waals surface area contributed by atoms with Gasteiger partial charge in [-0.2, -0.15) is 0 Å². The van der Waals surface area contributed by atoms with Crippen LogP contribution >= 0.6 is 0 Å². The summed E-state index contributed by atoms with van der Waals surface area (Å²) >= 11 is 0. The van der Waals surface area contributed by atoms with E-state index in [-0.39, 0.29) is 17.7 Å². The Hall–Kier alpha value is -4.10. The van der Waals surface area contributed by atoms with Crippen molar-refractivity contribution in [3.63, 3.8) is 0 Å². The maximum Gasteiger partial charge on any atom is 0.330 e. The van der Waals surface area contributed by atoms with Gasteiger partial charge in [-0.15, -0.1) is 0 Å². The van der Waals surface area contributed by atoms with Crippen molar-refractivity contribution in [3.8, 4) is 0 Å². The highest BCUT2D eigenvalue weighted by Crippen LogP contribution is 2.40. The van der Waals surface area contributed by atoms with Gasteiger partial charge in [0.1, 0.15) is 24.4 Å². The molecule has 0 aliphatic carbocycles. The van der Waals surface area contributed by atoms with Crippen molar-refractivity contribution in [2.45, 2.75) is 186 Å². The molecule has 0 bridgehead atoms. The van der Waals surface area contributed by atoms with E-state index in [1.807, 2.05) is 6.92 Å². The maximum atomic E-state index is 13.9. The molecule has 10 atom stereocenters. The summed E-state index contributed by atoms with van der Waals surface area (Å²) in [7, 11) is 1.31. The first kappa shape index (κ1) is 46.0. The predicted molar refractivity (Wildman–Crippen MR) is 211 cm³/mol. The van der Waals surface area contributed by atoms with Gasteiger partial charge in [0.25, 0.3) is 11.5 Å². The van der Waals surface area contributed by atoms with Gasteiger partial charge in [0.15, 0.2) is 36.1 Å². The number of nitrogens with one attached hydrogen (secondary N) is 3. The normalized spacial score (nSPS) is 29.6. The van der Waals surface area contributed by atoms with Crippen LogP contribution in [-0.2, 0) is 52.3 Å². The van der Waals surface area contributed by atoms with Crippen LogP contribution in [0.25, 0.3) is 0 Å². The molecule has 10 unspecified atom stereocenters. The van der Waals surface area contributed by atoms with E-state index in [9.17, 15) is 28.8 Å². The Bertz CT molecular complexity index is 1790. The molecule has 0 aromatic carbocycles. The minimum absolute atomic E-state index is 0.0458. The van der Waals surface area contributed by atoms with Gasteiger partial charge in [0.2, 0.25) is 18.1 Å². The van der Waals surface area contributed by atoms with Crippen LogP contribution in [0.15, 0.2) is 33.7 Å². The SMILES string of the molecule is CCCCCCCCCCC(C)(C)C(=O)OC1C(OC)C(C(OC2OC(C(=O)NC3CCCC(C)NC3=O)=CC3OC(C)(C)OC32)C(N)=O)OC1n1ccc(=O)[nH]c1=O. The highest BCUT2D eigenvalue weighted by Gasteiger charge is 2.57. The van der Waals surface area contributed by atoms with Crippen molar-refractivity contribution in [2.24, 2.45) is 11.1 Å². The van der Waals surface area contributed by atoms with Gasteiger partial charge in [0.05, 0.1) is 5.41 Å². The number of hydrogen-bond acceptors (Lipinski definition) is 13. The minimum Gasteiger partial charge on any atom is -0.456 e. The van der Waals surface area contributed by atoms with E-state index < -0.39 is 95.4 Å². The number of aromatic nitrogens is 2. The third-order valence-electron chi connectivity index (χ3n) is 11.3. The molecule has 0 radical (unpaired) electrons. The number of rotatable bonds is 19. The fraction of sp³-hybridized carbons (Fsp3) is 0.756. The lowest BCUT2D eigenvalue weighted by Gasteiger charge is -2.35. The Kier molecular flexibility index (Phi) is 15.6. The number of H-pyrrole nitrogens is 1. The Morgan fingerprint density at radius 1 is 1.03 bits per heavy atom. The van der Waals surface area contributed by atoms with Crippen molar-refractivity contribution in [1.29, 1.82) is 0 Å². The zero-order valence-electron chi connectivity index (χ0n) is 35.3. The molecule has 5 heterocycles. The minimum atomic E-state index is -1.72. The lowest BCUT2D eigenvalue weighted by Crippen LogP contribution is -2.54. The molecule has 0 spiro atoms. The number of nitrogens with zero attached hydrogens (tertiary/aromatic N) is 1. The standard InChI is InChI=1S/C41H63N5O13/c1-8-9-10-11-12-13-14-15-20-40(3,4)38(51)57-32-29(53-7)30(55-36(32)46-21-19-27(47)45-39(46)52)31(33(42)48)56-37-28-25(58-41(5,6)59-28)22-26(54-37)35(50)44-24-18-16-17-23(2)43-34(24)49/h19,21-25,28-32,36-37H,8-18,20H2,1-7H3,(H2,42,48)(H,43,49)(H,44,50)(H,45,47,52). The van der Waals surface area contributed by atoms with Crippen molar-refractivity contribution in [3.05, 3.63) is 44.9 Å². The summed E-state index contributed by atoms with van der Waals surface area (Å²) < 4.78 is 43.8. The smallest absolute Gasteiger partial charge is 0.330 e. The number of carbonyl (C=O) groups is 4. The number of carbonyl (C=O) groups excluding carboxylic acids is 4. The molecule has 0 saturated carbocycles. The predicted octanol–water partition coefficient (Wildman–Crippen LogP) is 2.72. The van der Waals surface area contributed by atoms with Crippen LogP contribution in [-0.4, -0.2) is 101 Å². The van der Waals surface area contributed by atoms with Crippen LogP contribution in [0.2, 0.25) is 0 Å². The van der Waals surface area contributed by atoms with Gasteiger partial charge in [-0.25, -0.2) is 4.79 Å². The molecule has 1 aromatic rings. The monoisotopic (exact) mass is 833 g/mol. The molecule has 3 saturated heterocycles. The third-order valence-corrected chi connectivity index (χ3v) is 11.3. The van der Waals surface area contributed by atoms with E-state index in [1.165, 1.54) is 45.1 Å². The van der Waals surface area contributed by atoms with Crippen LogP contribution in [0.1, 0.15) is 125 Å². The highest BCUT2D eigenvalue weighted by molar-refractivity contribution is 5.95. The van der Waals surface area contributed by atoms with Gasteiger partial charge < -0.3 is 49.5 Å². The van der Waals surface area contributed by atoms with Gasteiger partial charge in [0, 0.05) is 25.4 Å². The summed E-state index contributed by atoms with van der Waals surface area (Å²) in [6.07, 6.45) is 3.15. The molecule has 5 N–H and O–H groups in total. The third kappa shape index (κ3) is 11.6. The van der Waals surface area contributed by atoms with Crippen LogP contribution in [0.4, 0.5) is 0 Å². The van der Waals surface area contributed by atoms with Crippen molar-refractivity contribution in [1.82, 2.24) is 20.2 Å². The number of esters is 1. The van der Waals surface area contributed by atoms with Crippen molar-refractivity contribution in [2.75, 3.05) is 7.11 Å². The van der Waals surface area contributed by atoms with Crippen LogP contribution in [0.3, 0.4) is 0 Å². The maximum absolute atomic E-state index is 13.9. The number of hydrogen-bond donors (Lipinski definition) is 4. The fourth-order valence-corrected chi connectivity index (χ4v) is 8.00. The number of ether oxygens (including phenoxy) is 7. The molecule has 4 aliphatic heterocycles. The van der Waals surface area contributed by atoms with E-state index in [4.69, 9.17) is 38.9 Å². The first-order chi connectivity index (χ1) is 27.9. The lowest BCUT2D eigenvalue weighted by atomic mass is 9.86. The number of nitrogens with two attached hydrogens (primary N) is 1. The van der Waals surface area contributed by atoms with Gasteiger partial charge in [-0.3, -0.25) is 33.5 Å². The number of methoxy groups -OCH3 is 1. The summed E-state index contributed by atoms with van der Waals surface area (Å²) in [6.45, 7) is 10.9. The lowest BCUT2D eigenvalue weighted by molar-refractivity contribution is -0.241. The number of fused-ring (bicyclic) bond motifs is 1. The van der Waals surface area contributed by atoms with Crippen LogP contribution in [0, 0.1) is 5.41 Å². The van der Waals surface area contributed by atoms with Crippen molar-refractivity contribution < 1.29 is 52.3 Å². The first-order valence-electron chi connectivity index (χ1n) is 21.0. The molecular formula is C41H63N5O13. The number of primary amides is 1. The molecule has 330 valence electrons. The largest absolute Gasteiger partial charge is 0.456 e. The molecule has 18 heteroatoms. The average Bonchev–Trinajstić information content (AvgIpc) is 3.63. The van der Waals surface area contributed by atoms with Gasteiger partial charge >= 0.3 is 11.7 Å². The summed E-state index contributed by atoms with van der Waals surface area (Å²) in [5, 5.41) is 5.60. The second kappa shape index (κ2) is 20.0. The first-order valence-corrected chi connectivity index (χ1v) is 21.0. The molecule has 3 fully saturated rings. The van der Waals surface area contributed by atoms with E-state index in [2.05, 4.69) is 22.5 Å². The number of amides is 3. The fourth-order valence-electron chi connectivity index (χ4n) is 8.00. The van der Waals surface area contributed by atoms with Crippen LogP contribution in [0.5, 0.6) is 0 Å². The molecular weight excluding hydrogens is 770 g/mol. The summed E-state index contributed by atoms with van der Waals surface area (Å²) in [5.41, 5.74) is 3.48. The molecule has 3 amide bonds. The Balaban J connectivity index is 1.37. The summed E-state index contributed by atoms with van der Waals surface area (Å²) in [5.74, 6) is -4.10. The molecule has 1 aromatic heterocycles. The zero-order chi connectivity index (χ0) is 43.1. The van der Waals surface area contributed by atoms with E-state index in [0.29, 0.717) is 19.3 Å². The quantitative estimate of drug-likeness (QED) is 0.116. The molecule has 59 heavy (non-hydrogen) atoms. The van der Waals surface area contributed by atoms with Crippen LogP contribution < -0.4 is 27.6 Å². The van der Waals surface area contributed by atoms with E-state index in [1.54, 1.807) is 27.7 Å². The zero-order valence-corrected chi connectivity index (χ0v) is 35.3. The van der Waals surface area contributed by atoms with E-state index in [0.717, 1.165) is 42.7 Å². The Labute approximate surface area is 344 Å². The molecule has 4 aliphatic rings. The summed E-state index contributed by atoms with van der Waals surface area (Å²) in [6, 6.07) is 0.230. The van der Waals surface area contributed by atoms with E-state index >= 15 is 0 Å². The number of aromatic amines is 1. The molecule has 18 nitrogen and oxygen atoms in total. The average molecular weight is 834 g/mol. The highest BCUT2D eigenvalue weighted by atomic mass is 16.8. The second-order valence-electron chi connectivity index (χ2n) is 17.1. The van der Waals surface area contributed by atoms with Crippen molar-refractivity contribution >= 4 is 23.7 Å².